The Morgan fingerprint density at radius 1 is 1.41 bits per heavy atom. The lowest BCUT2D eigenvalue weighted by atomic mass is 10.2. The first-order valence-corrected chi connectivity index (χ1v) is 12.1. The summed E-state index contributed by atoms with van der Waals surface area (Å²) in [5.74, 6) is -0.236. The molecule has 0 aliphatic carbocycles. The van der Waals surface area contributed by atoms with Crippen molar-refractivity contribution in [1.29, 1.82) is 0 Å². The van der Waals surface area contributed by atoms with Crippen LogP contribution in [0, 0.1) is 5.82 Å². The van der Waals surface area contributed by atoms with Gasteiger partial charge < -0.3 is 10.3 Å². The van der Waals surface area contributed by atoms with Crippen LogP contribution >= 0.6 is 34.2 Å². The molecule has 0 saturated carbocycles. The molecular formula is C17H17ClFIN6O2S. The highest BCUT2D eigenvalue weighted by Crippen LogP contribution is 2.31. The van der Waals surface area contributed by atoms with Gasteiger partial charge in [0, 0.05) is 29.9 Å². The number of aromatic nitrogens is 4. The topological polar surface area (TPSA) is 104 Å². The monoisotopic (exact) mass is 550 g/mol. The first-order chi connectivity index (χ1) is 13.8. The average molecular weight is 551 g/mol. The summed E-state index contributed by atoms with van der Waals surface area (Å²) in [7, 11) is -3.32. The number of sulfonamides is 1. The highest BCUT2D eigenvalue weighted by molar-refractivity contribution is 14.1. The zero-order valence-electron chi connectivity index (χ0n) is 15.2. The normalized spacial score (nSPS) is 20.4. The zero-order valence-corrected chi connectivity index (χ0v) is 19.0. The molecule has 1 saturated heterocycles. The summed E-state index contributed by atoms with van der Waals surface area (Å²) in [5.41, 5.74) is 1.26. The Morgan fingerprint density at radius 2 is 2.21 bits per heavy atom. The Labute approximate surface area is 185 Å². The second kappa shape index (κ2) is 7.93. The number of aromatic amines is 1. The quantitative estimate of drug-likeness (QED) is 0.287. The van der Waals surface area contributed by atoms with Crippen molar-refractivity contribution in [2.75, 3.05) is 17.6 Å². The maximum absolute atomic E-state index is 14.4. The first-order valence-electron chi connectivity index (χ1n) is 8.86. The second-order valence-electron chi connectivity index (χ2n) is 6.57. The molecule has 0 amide bonds. The molecule has 2 unspecified atom stereocenters. The highest BCUT2D eigenvalue weighted by atomic mass is 127. The summed E-state index contributed by atoms with van der Waals surface area (Å²) in [6, 6.07) is 1.47. The fraction of sp³-hybridized carbons (Fsp3) is 0.353. The van der Waals surface area contributed by atoms with Gasteiger partial charge in [-0.15, -0.1) is 0 Å². The molecule has 154 valence electrons. The molecule has 4 heterocycles. The number of halogens is 3. The number of rotatable bonds is 5. The second-order valence-corrected chi connectivity index (χ2v) is 10.5. The molecule has 1 fully saturated rings. The highest BCUT2D eigenvalue weighted by Gasteiger charge is 2.39. The lowest BCUT2D eigenvalue weighted by molar-refractivity contribution is 0.465. The number of fused-ring (bicyclic) bond motifs is 1. The summed E-state index contributed by atoms with van der Waals surface area (Å²) < 4.78 is 39.9. The lowest BCUT2D eigenvalue weighted by Crippen LogP contribution is -2.38. The van der Waals surface area contributed by atoms with Gasteiger partial charge in [0.2, 0.25) is 10.0 Å². The average Bonchev–Trinajstić information content (AvgIpc) is 3.27. The predicted octanol–water partition coefficient (Wildman–Crippen LogP) is 3.41. The molecule has 0 spiro atoms. The van der Waals surface area contributed by atoms with E-state index < -0.39 is 15.8 Å². The molecule has 8 nitrogen and oxygen atoms in total. The Hall–Kier alpha value is -1.57. The number of pyridine rings is 1. The van der Waals surface area contributed by atoms with Crippen molar-refractivity contribution in [3.63, 3.8) is 0 Å². The van der Waals surface area contributed by atoms with Crippen molar-refractivity contribution >= 4 is 61.1 Å². The van der Waals surface area contributed by atoms with Gasteiger partial charge in [0.1, 0.15) is 5.65 Å². The molecule has 2 atom stereocenters. The largest absolute Gasteiger partial charge is 0.362 e. The van der Waals surface area contributed by atoms with Gasteiger partial charge in [-0.05, 0) is 19.4 Å². The van der Waals surface area contributed by atoms with E-state index in [9.17, 15) is 12.8 Å². The number of nitrogens with zero attached hydrogens (tertiary/aromatic N) is 4. The first kappa shape index (κ1) is 20.7. The maximum Gasteiger partial charge on any atom is 0.214 e. The molecule has 12 heteroatoms. The third-order valence-corrected chi connectivity index (χ3v) is 8.77. The molecule has 4 rings (SSSR count). The Morgan fingerprint density at radius 3 is 2.97 bits per heavy atom. The number of hydrogen-bond acceptors (Lipinski definition) is 6. The summed E-state index contributed by atoms with van der Waals surface area (Å²) in [5, 5.41) is 4.25. The Balaban J connectivity index is 1.64. The van der Waals surface area contributed by atoms with Crippen LogP contribution in [0.2, 0.25) is 5.02 Å². The summed E-state index contributed by atoms with van der Waals surface area (Å²) in [6.45, 7) is 1.99. The number of H-pyrrole nitrogens is 1. The standard InChI is InChI=1S/C17H17ClFIN6O2S/c1-2-29(27,28)26-4-3-13(14(26)20)24-17-12(19)8-23-16(25-17)11-7-22-15-10(11)5-9(18)6-21-15/h5-8,13-14H,2-4H2,1H3,(H,21,22)(H,23,24,25). The number of anilines is 1. The summed E-state index contributed by atoms with van der Waals surface area (Å²) in [6.07, 6.45) is 4.87. The third kappa shape index (κ3) is 3.92. The maximum atomic E-state index is 14.4. The van der Waals surface area contributed by atoms with Crippen molar-refractivity contribution in [2.24, 2.45) is 0 Å². The van der Waals surface area contributed by atoms with Crippen LogP contribution in [0.1, 0.15) is 13.3 Å². The van der Waals surface area contributed by atoms with E-state index in [1.54, 1.807) is 19.2 Å². The number of hydrogen-bond donors (Lipinski definition) is 2. The third-order valence-electron chi connectivity index (χ3n) is 4.79. The SMILES string of the molecule is CCS(=O)(=O)N1CCC(Nc2nc(-c3c[nH]c4ncc(Cl)cc34)ncc2F)C1I. The minimum absolute atomic E-state index is 0.0294. The molecule has 0 bridgehead atoms. The van der Waals surface area contributed by atoms with Gasteiger partial charge in [0.05, 0.1) is 27.1 Å². The molecule has 3 aromatic rings. The molecule has 1 aliphatic rings. The van der Waals surface area contributed by atoms with Crippen molar-refractivity contribution in [3.8, 4) is 11.4 Å². The molecule has 3 aromatic heterocycles. The number of alkyl halides is 1. The van der Waals surface area contributed by atoms with E-state index in [4.69, 9.17) is 11.6 Å². The van der Waals surface area contributed by atoms with Gasteiger partial charge in [-0.25, -0.2) is 27.8 Å². The van der Waals surface area contributed by atoms with Crippen molar-refractivity contribution in [2.45, 2.75) is 23.4 Å². The van der Waals surface area contributed by atoms with Crippen LogP contribution in [0.3, 0.4) is 0 Å². The summed E-state index contributed by atoms with van der Waals surface area (Å²) >= 11 is 8.11. The van der Waals surface area contributed by atoms with E-state index in [0.29, 0.717) is 35.0 Å². The van der Waals surface area contributed by atoms with Crippen molar-refractivity contribution in [3.05, 3.63) is 35.5 Å². The van der Waals surface area contributed by atoms with Gasteiger partial charge in [-0.2, -0.15) is 4.31 Å². The van der Waals surface area contributed by atoms with Crippen LogP contribution in [0.5, 0.6) is 0 Å². The minimum atomic E-state index is -3.32. The van der Waals surface area contributed by atoms with Gasteiger partial charge in [-0.1, -0.05) is 34.2 Å². The van der Waals surface area contributed by atoms with E-state index in [1.165, 1.54) is 10.5 Å². The van der Waals surface area contributed by atoms with Crippen LogP contribution in [-0.4, -0.2) is 55.0 Å². The molecule has 0 aromatic carbocycles. The van der Waals surface area contributed by atoms with Crippen molar-refractivity contribution in [1.82, 2.24) is 24.2 Å². The Bertz CT molecular complexity index is 1170. The molecule has 2 N–H and O–H groups in total. The van der Waals surface area contributed by atoms with Gasteiger partial charge >= 0.3 is 0 Å². The molecule has 0 radical (unpaired) electrons. The van der Waals surface area contributed by atoms with E-state index in [0.717, 1.165) is 11.6 Å². The van der Waals surface area contributed by atoms with Crippen LogP contribution in [0.25, 0.3) is 22.4 Å². The smallest absolute Gasteiger partial charge is 0.214 e. The number of nitrogens with one attached hydrogen (secondary N) is 2. The van der Waals surface area contributed by atoms with Crippen LogP contribution < -0.4 is 5.32 Å². The van der Waals surface area contributed by atoms with E-state index in [2.05, 4.69) is 47.8 Å². The van der Waals surface area contributed by atoms with E-state index in [1.807, 2.05) is 0 Å². The van der Waals surface area contributed by atoms with E-state index in [-0.39, 0.29) is 21.7 Å². The van der Waals surface area contributed by atoms with Crippen LogP contribution in [-0.2, 0) is 10.0 Å². The minimum Gasteiger partial charge on any atom is -0.362 e. The molecule has 1 aliphatic heterocycles. The predicted molar refractivity (Wildman–Crippen MR) is 118 cm³/mol. The van der Waals surface area contributed by atoms with Crippen LogP contribution in [0.15, 0.2) is 24.7 Å². The van der Waals surface area contributed by atoms with Crippen LogP contribution in [0.4, 0.5) is 10.2 Å². The fourth-order valence-electron chi connectivity index (χ4n) is 3.26. The van der Waals surface area contributed by atoms with E-state index >= 15 is 0 Å². The lowest BCUT2D eigenvalue weighted by Gasteiger charge is -2.23. The van der Waals surface area contributed by atoms with Gasteiger partial charge in [0.15, 0.2) is 17.5 Å². The van der Waals surface area contributed by atoms with Gasteiger partial charge in [0.25, 0.3) is 0 Å². The van der Waals surface area contributed by atoms with Gasteiger partial charge in [-0.3, -0.25) is 0 Å². The fourth-order valence-corrected chi connectivity index (χ4v) is 6.45. The summed E-state index contributed by atoms with van der Waals surface area (Å²) in [4.78, 5) is 15.7. The Kier molecular flexibility index (Phi) is 5.66. The zero-order chi connectivity index (χ0) is 20.8. The van der Waals surface area contributed by atoms with Crippen molar-refractivity contribution < 1.29 is 12.8 Å². The molecule has 29 heavy (non-hydrogen) atoms. The molecular weight excluding hydrogens is 534 g/mol.